The zero-order chi connectivity index (χ0) is 13.4. The molecule has 0 aromatic rings. The zero-order valence-corrected chi connectivity index (χ0v) is 16.3. The molecule has 0 heterocycles. The minimum absolute atomic E-state index is 0. The van der Waals surface area contributed by atoms with E-state index in [-0.39, 0.29) is 32.7 Å². The SMILES string of the molecule is CC(C)C[Si](O)(CC(C)C)CC(C)C.CO.O.O.[Ti]. The van der Waals surface area contributed by atoms with Gasteiger partial charge in [0, 0.05) is 28.8 Å². The summed E-state index contributed by atoms with van der Waals surface area (Å²) in [6.07, 6.45) is 0. The second-order valence-corrected chi connectivity index (χ2v) is 9.69. The summed E-state index contributed by atoms with van der Waals surface area (Å²) >= 11 is 0. The number of hydrogen-bond donors (Lipinski definition) is 2. The molecule has 0 unspecified atom stereocenters. The van der Waals surface area contributed by atoms with Gasteiger partial charge in [0.25, 0.3) is 0 Å². The summed E-state index contributed by atoms with van der Waals surface area (Å²) in [5.41, 5.74) is 0. The van der Waals surface area contributed by atoms with Crippen molar-refractivity contribution < 1.29 is 42.6 Å². The summed E-state index contributed by atoms with van der Waals surface area (Å²) in [6, 6.07) is 3.22. The third-order valence-corrected chi connectivity index (χ3v) is 7.09. The Hall–Kier alpha value is 0.771. The molecule has 0 fully saturated rings. The van der Waals surface area contributed by atoms with Gasteiger partial charge >= 0.3 is 0 Å². The van der Waals surface area contributed by atoms with E-state index in [1.165, 1.54) is 0 Å². The molecule has 4 nitrogen and oxygen atoms in total. The van der Waals surface area contributed by atoms with Crippen LogP contribution < -0.4 is 0 Å². The first-order valence-corrected chi connectivity index (χ1v) is 8.99. The molecule has 0 aliphatic rings. The Kier molecular flexibility index (Phi) is 28.3. The van der Waals surface area contributed by atoms with Crippen molar-refractivity contribution >= 4 is 8.32 Å². The van der Waals surface area contributed by atoms with Gasteiger partial charge in [0.1, 0.15) is 0 Å². The van der Waals surface area contributed by atoms with Gasteiger partial charge in [0.15, 0.2) is 8.32 Å². The molecule has 6 heteroatoms. The summed E-state index contributed by atoms with van der Waals surface area (Å²) in [5, 5.41) is 7.00. The van der Waals surface area contributed by atoms with Crippen LogP contribution in [0.3, 0.4) is 0 Å². The Labute approximate surface area is 135 Å². The molecular formula is C13H36O4SiTi. The van der Waals surface area contributed by atoms with E-state index in [9.17, 15) is 4.80 Å². The molecule has 0 saturated carbocycles. The zero-order valence-electron chi connectivity index (χ0n) is 13.7. The molecule has 0 aromatic carbocycles. The average molecular weight is 332 g/mol. The van der Waals surface area contributed by atoms with Crippen molar-refractivity contribution in [2.24, 2.45) is 17.8 Å². The molecule has 0 bridgehead atoms. The fraction of sp³-hybridized carbons (Fsp3) is 1.00. The third-order valence-electron chi connectivity index (χ3n) is 2.36. The van der Waals surface area contributed by atoms with Crippen LogP contribution in [0.5, 0.6) is 0 Å². The van der Waals surface area contributed by atoms with E-state index in [4.69, 9.17) is 5.11 Å². The van der Waals surface area contributed by atoms with Crippen LogP contribution in [0.1, 0.15) is 41.5 Å². The summed E-state index contributed by atoms with van der Waals surface area (Å²) < 4.78 is 0. The Bertz CT molecular complexity index is 140. The molecule has 0 aromatic heterocycles. The average Bonchev–Trinajstić information content (AvgIpc) is 2.01. The van der Waals surface area contributed by atoms with Crippen molar-refractivity contribution in [1.82, 2.24) is 0 Å². The number of aliphatic hydroxyl groups is 1. The van der Waals surface area contributed by atoms with E-state index in [1.807, 2.05) is 0 Å². The van der Waals surface area contributed by atoms with Crippen LogP contribution in [0.25, 0.3) is 0 Å². The fourth-order valence-electron chi connectivity index (χ4n) is 2.53. The fourth-order valence-corrected chi connectivity index (χ4v) is 7.59. The first kappa shape index (κ1) is 31.9. The second-order valence-electron chi connectivity index (χ2n) is 6.02. The van der Waals surface area contributed by atoms with E-state index in [2.05, 4.69) is 41.5 Å². The molecular weight excluding hydrogens is 296 g/mol. The third kappa shape index (κ3) is 21.2. The van der Waals surface area contributed by atoms with Crippen LogP contribution in [-0.2, 0) is 21.7 Å². The monoisotopic (exact) mass is 332 g/mol. The molecule has 0 aliphatic carbocycles. The second kappa shape index (κ2) is 16.8. The van der Waals surface area contributed by atoms with E-state index in [0.29, 0.717) is 17.8 Å². The maximum atomic E-state index is 10.7. The van der Waals surface area contributed by atoms with E-state index in [1.54, 1.807) is 0 Å². The first-order chi connectivity index (χ1) is 7.25. The molecule has 0 rings (SSSR count). The molecule has 0 amide bonds. The van der Waals surface area contributed by atoms with Gasteiger partial charge < -0.3 is 20.9 Å². The first-order valence-electron chi connectivity index (χ1n) is 6.42. The summed E-state index contributed by atoms with van der Waals surface area (Å²) in [7, 11) is -0.939. The van der Waals surface area contributed by atoms with Crippen LogP contribution in [0.15, 0.2) is 0 Å². The topological polar surface area (TPSA) is 103 Å². The van der Waals surface area contributed by atoms with E-state index in [0.717, 1.165) is 25.2 Å². The molecule has 0 spiro atoms. The summed E-state index contributed by atoms with van der Waals surface area (Å²) in [6.45, 7) is 13.3. The maximum absolute atomic E-state index is 10.7. The molecule has 0 saturated heterocycles. The van der Waals surface area contributed by atoms with Gasteiger partial charge in [-0.2, -0.15) is 0 Å². The smallest absolute Gasteiger partial charge is 0.189 e. The number of aliphatic hydroxyl groups excluding tert-OH is 1. The van der Waals surface area contributed by atoms with Gasteiger partial charge in [-0.3, -0.25) is 0 Å². The molecule has 19 heavy (non-hydrogen) atoms. The molecule has 0 radical (unpaired) electrons. The van der Waals surface area contributed by atoms with Gasteiger partial charge in [0.2, 0.25) is 0 Å². The largest absolute Gasteiger partial charge is 0.432 e. The quantitative estimate of drug-likeness (QED) is 0.725. The normalized spacial score (nSPS) is 10.1. The Morgan fingerprint density at radius 1 is 0.684 bits per heavy atom. The van der Waals surface area contributed by atoms with Crippen LogP contribution in [0.2, 0.25) is 18.1 Å². The molecule has 120 valence electrons. The number of rotatable bonds is 6. The summed E-state index contributed by atoms with van der Waals surface area (Å²) in [5.74, 6) is 1.93. The maximum Gasteiger partial charge on any atom is 0.189 e. The van der Waals surface area contributed by atoms with Crippen molar-refractivity contribution in [3.63, 3.8) is 0 Å². The van der Waals surface area contributed by atoms with Crippen molar-refractivity contribution in [3.8, 4) is 0 Å². The van der Waals surface area contributed by atoms with Gasteiger partial charge in [-0.05, 0) is 35.9 Å². The Morgan fingerprint density at radius 3 is 0.947 bits per heavy atom. The van der Waals surface area contributed by atoms with Crippen molar-refractivity contribution in [2.75, 3.05) is 7.11 Å². The minimum atomic E-state index is -1.94. The molecule has 0 atom stereocenters. The van der Waals surface area contributed by atoms with Crippen molar-refractivity contribution in [3.05, 3.63) is 0 Å². The van der Waals surface area contributed by atoms with Gasteiger partial charge in [0.05, 0.1) is 0 Å². The predicted molar refractivity (Wildman–Crippen MR) is 82.3 cm³/mol. The minimum Gasteiger partial charge on any atom is -0.432 e. The van der Waals surface area contributed by atoms with Gasteiger partial charge in [-0.15, -0.1) is 0 Å². The van der Waals surface area contributed by atoms with Crippen LogP contribution in [0.4, 0.5) is 0 Å². The summed E-state index contributed by atoms with van der Waals surface area (Å²) in [4.78, 5) is 10.7. The van der Waals surface area contributed by atoms with E-state index >= 15 is 0 Å². The van der Waals surface area contributed by atoms with Gasteiger partial charge in [-0.1, -0.05) is 41.5 Å². The molecule has 6 N–H and O–H groups in total. The van der Waals surface area contributed by atoms with Gasteiger partial charge in [-0.25, -0.2) is 0 Å². The van der Waals surface area contributed by atoms with Crippen LogP contribution in [0, 0.1) is 17.8 Å². The number of hydrogen-bond acceptors (Lipinski definition) is 2. The van der Waals surface area contributed by atoms with Crippen LogP contribution >= 0.6 is 0 Å². The Morgan fingerprint density at radius 2 is 0.842 bits per heavy atom. The van der Waals surface area contributed by atoms with Crippen molar-refractivity contribution in [1.29, 1.82) is 0 Å². The van der Waals surface area contributed by atoms with Crippen molar-refractivity contribution in [2.45, 2.75) is 59.7 Å². The van der Waals surface area contributed by atoms with Crippen LogP contribution in [-0.4, -0.2) is 36.3 Å². The molecule has 0 aliphatic heterocycles. The Balaban J connectivity index is -0.000000124. The standard InChI is InChI=1S/C12H28OSi.CH4O.2H2O.Ti/c1-10(2)7-14(13,8-11(3)4)9-12(5)6;1-2;;;/h10-13H,7-9H2,1-6H3;2H,1H3;2*1H2;. The predicted octanol–water partition coefficient (Wildman–Crippen LogP) is 1.85. The van der Waals surface area contributed by atoms with E-state index < -0.39 is 8.32 Å².